The van der Waals surface area contributed by atoms with Crippen molar-refractivity contribution in [2.24, 2.45) is 5.10 Å². The van der Waals surface area contributed by atoms with Gasteiger partial charge in [-0.05, 0) is 35.4 Å². The Balaban J connectivity index is 1.31. The summed E-state index contributed by atoms with van der Waals surface area (Å²) in [5.41, 5.74) is 4.54. The first-order valence-electron chi connectivity index (χ1n) is 11.1. The molecule has 0 saturated heterocycles. The predicted octanol–water partition coefficient (Wildman–Crippen LogP) is 4.72. The number of amides is 2. The molecule has 0 atom stereocenters. The predicted molar refractivity (Wildman–Crippen MR) is 143 cm³/mol. The Kier molecular flexibility index (Phi) is 8.79. The van der Waals surface area contributed by atoms with Gasteiger partial charge in [0.25, 0.3) is 5.91 Å². The lowest BCUT2D eigenvalue weighted by Crippen LogP contribution is -2.19. The van der Waals surface area contributed by atoms with Gasteiger partial charge in [0.2, 0.25) is 11.0 Å². The number of benzene rings is 3. The lowest BCUT2D eigenvalue weighted by atomic mass is 10.2. The molecule has 4 rings (SSSR count). The van der Waals surface area contributed by atoms with Gasteiger partial charge in [0.1, 0.15) is 11.6 Å². The van der Waals surface area contributed by atoms with Crippen molar-refractivity contribution in [1.82, 2.24) is 15.6 Å². The Labute approximate surface area is 222 Å². The summed E-state index contributed by atoms with van der Waals surface area (Å²) < 4.78 is 11.3. The average Bonchev–Trinajstić information content (AvgIpc) is 3.35. The van der Waals surface area contributed by atoms with Crippen molar-refractivity contribution in [3.63, 3.8) is 0 Å². The zero-order valence-corrected chi connectivity index (χ0v) is 21.3. The summed E-state index contributed by atoms with van der Waals surface area (Å²) in [5.74, 6) is 0.160. The molecule has 1 heterocycles. The van der Waals surface area contributed by atoms with Crippen molar-refractivity contribution >= 4 is 46.1 Å². The van der Waals surface area contributed by atoms with Crippen LogP contribution in [0.5, 0.6) is 11.5 Å². The van der Waals surface area contributed by atoms with Gasteiger partial charge in [-0.3, -0.25) is 14.9 Å². The summed E-state index contributed by atoms with van der Waals surface area (Å²) in [6, 6.07) is 21.8. The first kappa shape index (κ1) is 25.8. The van der Waals surface area contributed by atoms with Gasteiger partial charge in [0.05, 0.1) is 24.8 Å². The third kappa shape index (κ3) is 7.35. The largest absolute Gasteiger partial charge is 0.493 e. The summed E-state index contributed by atoms with van der Waals surface area (Å²) in [7, 11) is 1.52. The molecule has 4 aromatic rings. The molecule has 0 bridgehead atoms. The van der Waals surface area contributed by atoms with Crippen molar-refractivity contribution in [3.8, 4) is 11.5 Å². The highest BCUT2D eigenvalue weighted by molar-refractivity contribution is 7.15. The molecule has 0 aliphatic carbocycles. The van der Waals surface area contributed by atoms with Gasteiger partial charge in [-0.25, -0.2) is 5.43 Å². The molecule has 2 N–H and O–H groups in total. The van der Waals surface area contributed by atoms with Gasteiger partial charge < -0.3 is 9.47 Å². The summed E-state index contributed by atoms with van der Waals surface area (Å²) >= 11 is 7.52. The summed E-state index contributed by atoms with van der Waals surface area (Å²) in [6.45, 7) is 0.337. The summed E-state index contributed by atoms with van der Waals surface area (Å²) in [5, 5.41) is 15.6. The lowest BCUT2D eigenvalue weighted by Gasteiger charge is -2.13. The molecule has 0 radical (unpaired) electrons. The molecular weight excluding hydrogens is 514 g/mol. The zero-order chi connectivity index (χ0) is 26.0. The first-order chi connectivity index (χ1) is 18.0. The van der Waals surface area contributed by atoms with Gasteiger partial charge in [0, 0.05) is 5.56 Å². The second-order valence-electron chi connectivity index (χ2n) is 7.60. The van der Waals surface area contributed by atoms with Crippen LogP contribution in [-0.4, -0.2) is 35.3 Å². The van der Waals surface area contributed by atoms with E-state index in [-0.39, 0.29) is 12.3 Å². The van der Waals surface area contributed by atoms with Gasteiger partial charge in [0.15, 0.2) is 11.5 Å². The Morgan fingerprint density at radius 2 is 1.78 bits per heavy atom. The van der Waals surface area contributed by atoms with Crippen LogP contribution < -0.4 is 20.2 Å². The maximum atomic E-state index is 12.3. The highest BCUT2D eigenvalue weighted by Gasteiger charge is 2.14. The molecule has 3 aromatic carbocycles. The van der Waals surface area contributed by atoms with Gasteiger partial charge in [-0.1, -0.05) is 71.5 Å². The van der Waals surface area contributed by atoms with E-state index in [9.17, 15) is 9.59 Å². The number of ether oxygens (including phenoxy) is 2. The Hall–Kier alpha value is -4.28. The van der Waals surface area contributed by atoms with E-state index in [1.54, 1.807) is 36.4 Å². The Morgan fingerprint density at radius 3 is 2.51 bits per heavy atom. The molecule has 2 amide bonds. The van der Waals surface area contributed by atoms with E-state index in [0.717, 1.165) is 16.9 Å². The van der Waals surface area contributed by atoms with Crippen molar-refractivity contribution in [2.75, 3.05) is 12.4 Å². The normalized spacial score (nSPS) is 10.8. The topological polar surface area (TPSA) is 115 Å². The number of carbonyl (C=O) groups is 2. The molecular formula is C26H22ClN5O4S. The molecule has 0 saturated carbocycles. The fourth-order valence-corrected chi connectivity index (χ4v) is 4.18. The zero-order valence-electron chi connectivity index (χ0n) is 19.7. The molecule has 0 aliphatic heterocycles. The molecule has 37 heavy (non-hydrogen) atoms. The molecule has 0 fully saturated rings. The molecule has 188 valence electrons. The van der Waals surface area contributed by atoms with Crippen LogP contribution >= 0.6 is 22.9 Å². The highest BCUT2D eigenvalue weighted by atomic mass is 35.5. The number of hydrazone groups is 1. The van der Waals surface area contributed by atoms with Crippen LogP contribution in [0.15, 0.2) is 77.9 Å². The van der Waals surface area contributed by atoms with Crippen LogP contribution in [-0.2, 0) is 17.8 Å². The first-order valence-corrected chi connectivity index (χ1v) is 12.3. The minimum atomic E-state index is -0.394. The summed E-state index contributed by atoms with van der Waals surface area (Å²) in [6.07, 6.45) is 1.39. The molecule has 11 heteroatoms. The van der Waals surface area contributed by atoms with Gasteiger partial charge >= 0.3 is 0 Å². The van der Waals surface area contributed by atoms with Crippen LogP contribution in [0.4, 0.5) is 5.13 Å². The number of carbonyl (C=O) groups excluding carboxylic acids is 2. The number of hydrogen-bond acceptors (Lipinski definition) is 8. The van der Waals surface area contributed by atoms with Crippen LogP contribution in [0.1, 0.15) is 26.5 Å². The molecule has 9 nitrogen and oxygen atoms in total. The van der Waals surface area contributed by atoms with E-state index < -0.39 is 5.91 Å². The number of hydrogen-bond donors (Lipinski definition) is 2. The molecule has 0 spiro atoms. The fraction of sp³-hybridized carbons (Fsp3) is 0.115. The fourth-order valence-electron chi connectivity index (χ4n) is 3.17. The number of anilines is 1. The second-order valence-corrected chi connectivity index (χ2v) is 9.07. The van der Waals surface area contributed by atoms with Crippen molar-refractivity contribution in [2.45, 2.75) is 13.0 Å². The maximum Gasteiger partial charge on any atom is 0.257 e. The molecule has 0 aliphatic rings. The van der Waals surface area contributed by atoms with Gasteiger partial charge in [-0.15, -0.1) is 10.2 Å². The van der Waals surface area contributed by atoms with Crippen molar-refractivity contribution in [1.29, 1.82) is 0 Å². The number of rotatable bonds is 10. The van der Waals surface area contributed by atoms with Crippen LogP contribution in [0.25, 0.3) is 0 Å². The molecule has 0 unspecified atom stereocenters. The quantitative estimate of drug-likeness (QED) is 0.224. The average molecular weight is 536 g/mol. The minimum absolute atomic E-state index is 0.0491. The third-order valence-corrected chi connectivity index (χ3v) is 6.04. The van der Waals surface area contributed by atoms with Crippen molar-refractivity contribution < 1.29 is 19.1 Å². The minimum Gasteiger partial charge on any atom is -0.493 e. The summed E-state index contributed by atoms with van der Waals surface area (Å²) in [4.78, 5) is 24.5. The molecule has 1 aromatic heterocycles. The van der Waals surface area contributed by atoms with E-state index in [4.69, 9.17) is 21.1 Å². The Bertz CT molecular complexity index is 1400. The van der Waals surface area contributed by atoms with Crippen molar-refractivity contribution in [3.05, 3.63) is 99.5 Å². The number of nitrogens with zero attached hydrogens (tertiary/aromatic N) is 3. The maximum absolute atomic E-state index is 12.3. The van der Waals surface area contributed by atoms with E-state index in [2.05, 4.69) is 26.0 Å². The number of aromatic nitrogens is 2. The standard InChI is InChI=1S/C26H22ClN5O4S/c1-35-21-13-18(12-20(27)24(21)36-16-17-8-4-2-5-9-17)15-28-30-22(33)14-23-31-32-26(37-23)29-25(34)19-10-6-3-7-11-19/h2-13,15H,14,16H2,1H3,(H,30,33)(H,29,32,34)/b28-15-. The number of nitrogens with one attached hydrogen (secondary N) is 2. The van der Waals surface area contributed by atoms with E-state index >= 15 is 0 Å². The van der Waals surface area contributed by atoms with E-state index in [0.29, 0.717) is 44.4 Å². The van der Waals surface area contributed by atoms with E-state index in [1.807, 2.05) is 36.4 Å². The second kappa shape index (κ2) is 12.6. The lowest BCUT2D eigenvalue weighted by molar-refractivity contribution is -0.120. The van der Waals surface area contributed by atoms with Crippen LogP contribution in [0, 0.1) is 0 Å². The smallest absolute Gasteiger partial charge is 0.257 e. The third-order valence-electron chi connectivity index (χ3n) is 4.92. The number of methoxy groups -OCH3 is 1. The SMILES string of the molecule is COc1cc(/C=N\NC(=O)Cc2nnc(NC(=O)c3ccccc3)s2)cc(Cl)c1OCc1ccccc1. The van der Waals surface area contributed by atoms with Gasteiger partial charge in [-0.2, -0.15) is 5.10 Å². The highest BCUT2D eigenvalue weighted by Crippen LogP contribution is 2.36. The Morgan fingerprint density at radius 1 is 1.05 bits per heavy atom. The van der Waals surface area contributed by atoms with Crippen LogP contribution in [0.3, 0.4) is 0 Å². The van der Waals surface area contributed by atoms with Crippen LogP contribution in [0.2, 0.25) is 5.02 Å². The monoisotopic (exact) mass is 535 g/mol. The van der Waals surface area contributed by atoms with E-state index in [1.165, 1.54) is 13.3 Å². The number of halogens is 1.